The maximum atomic E-state index is 12.5. The standard InChI is InChI=1S/C23H24N2O4/c1-3-28-19-8-10-20(11-9-19)29-22-14-17(12-13-24-22)15-25-23(26)21-7-5-4-6-18(21)16-27-2/h4-14H,3,15-16H2,1-2H3,(H,25,26). The molecule has 0 fully saturated rings. The van der Waals surface area contributed by atoms with Crippen LogP contribution in [0.5, 0.6) is 17.4 Å². The molecule has 6 heteroatoms. The smallest absolute Gasteiger partial charge is 0.251 e. The highest BCUT2D eigenvalue weighted by Crippen LogP contribution is 2.23. The van der Waals surface area contributed by atoms with Gasteiger partial charge in [0.25, 0.3) is 5.91 Å². The van der Waals surface area contributed by atoms with Crippen LogP contribution in [0.25, 0.3) is 0 Å². The van der Waals surface area contributed by atoms with Crippen LogP contribution < -0.4 is 14.8 Å². The highest BCUT2D eigenvalue weighted by Gasteiger charge is 2.11. The average molecular weight is 392 g/mol. The second-order valence-electron chi connectivity index (χ2n) is 6.28. The predicted molar refractivity (Wildman–Crippen MR) is 110 cm³/mol. The summed E-state index contributed by atoms with van der Waals surface area (Å²) in [6.07, 6.45) is 1.66. The number of carbonyl (C=O) groups excluding carboxylic acids is 1. The molecule has 1 heterocycles. The zero-order valence-corrected chi connectivity index (χ0v) is 16.6. The number of carbonyl (C=O) groups is 1. The lowest BCUT2D eigenvalue weighted by Gasteiger charge is -2.11. The molecular formula is C23H24N2O4. The minimum atomic E-state index is -0.150. The normalized spacial score (nSPS) is 10.4. The first-order valence-electron chi connectivity index (χ1n) is 9.40. The Bertz CT molecular complexity index is 942. The highest BCUT2D eigenvalue weighted by atomic mass is 16.5. The van der Waals surface area contributed by atoms with E-state index in [2.05, 4.69) is 10.3 Å². The van der Waals surface area contributed by atoms with E-state index >= 15 is 0 Å². The summed E-state index contributed by atoms with van der Waals surface area (Å²) in [5.41, 5.74) is 2.34. The molecule has 1 aromatic heterocycles. The third-order valence-corrected chi connectivity index (χ3v) is 4.17. The number of aromatic nitrogens is 1. The predicted octanol–water partition coefficient (Wildman–Crippen LogP) is 4.35. The van der Waals surface area contributed by atoms with E-state index in [-0.39, 0.29) is 5.91 Å². The van der Waals surface area contributed by atoms with E-state index < -0.39 is 0 Å². The van der Waals surface area contributed by atoms with Crippen LogP contribution >= 0.6 is 0 Å². The van der Waals surface area contributed by atoms with Crippen molar-refractivity contribution in [3.63, 3.8) is 0 Å². The Hall–Kier alpha value is -3.38. The van der Waals surface area contributed by atoms with Crippen LogP contribution in [-0.2, 0) is 17.9 Å². The minimum Gasteiger partial charge on any atom is -0.494 e. The van der Waals surface area contributed by atoms with Crippen molar-refractivity contribution in [1.82, 2.24) is 10.3 Å². The van der Waals surface area contributed by atoms with Gasteiger partial charge in [-0.2, -0.15) is 0 Å². The molecule has 0 aliphatic carbocycles. The fraction of sp³-hybridized carbons (Fsp3) is 0.217. The fourth-order valence-electron chi connectivity index (χ4n) is 2.81. The van der Waals surface area contributed by atoms with Gasteiger partial charge in [-0.25, -0.2) is 4.98 Å². The number of hydrogen-bond donors (Lipinski definition) is 1. The van der Waals surface area contributed by atoms with E-state index in [4.69, 9.17) is 14.2 Å². The molecule has 2 aromatic carbocycles. The van der Waals surface area contributed by atoms with Crippen molar-refractivity contribution in [2.75, 3.05) is 13.7 Å². The Labute approximate surface area is 170 Å². The summed E-state index contributed by atoms with van der Waals surface area (Å²) in [6, 6.07) is 18.4. The maximum absolute atomic E-state index is 12.5. The van der Waals surface area contributed by atoms with Gasteiger partial charge in [-0.05, 0) is 54.4 Å². The average Bonchev–Trinajstić information content (AvgIpc) is 2.75. The zero-order chi connectivity index (χ0) is 20.5. The lowest BCUT2D eigenvalue weighted by atomic mass is 10.1. The summed E-state index contributed by atoms with van der Waals surface area (Å²) >= 11 is 0. The van der Waals surface area contributed by atoms with Crippen LogP contribution in [0.3, 0.4) is 0 Å². The van der Waals surface area contributed by atoms with Crippen LogP contribution in [0, 0.1) is 0 Å². The SMILES string of the molecule is CCOc1ccc(Oc2cc(CNC(=O)c3ccccc3COC)ccn2)cc1. The first-order valence-corrected chi connectivity index (χ1v) is 9.40. The van der Waals surface area contributed by atoms with Crippen LogP contribution in [0.1, 0.15) is 28.4 Å². The number of ether oxygens (including phenoxy) is 3. The Balaban J connectivity index is 1.62. The molecule has 0 radical (unpaired) electrons. The van der Waals surface area contributed by atoms with Gasteiger partial charge >= 0.3 is 0 Å². The summed E-state index contributed by atoms with van der Waals surface area (Å²) in [5, 5.41) is 2.93. The number of methoxy groups -OCH3 is 1. The molecule has 0 aliphatic rings. The van der Waals surface area contributed by atoms with E-state index in [1.54, 1.807) is 25.4 Å². The van der Waals surface area contributed by atoms with Crippen molar-refractivity contribution >= 4 is 5.91 Å². The molecule has 0 bridgehead atoms. The Morgan fingerprint density at radius 2 is 1.79 bits per heavy atom. The number of amides is 1. The van der Waals surface area contributed by atoms with E-state index in [0.29, 0.717) is 37.0 Å². The highest BCUT2D eigenvalue weighted by molar-refractivity contribution is 5.95. The van der Waals surface area contributed by atoms with Crippen LogP contribution in [0.2, 0.25) is 0 Å². The molecule has 0 unspecified atom stereocenters. The molecule has 3 rings (SSSR count). The topological polar surface area (TPSA) is 69.7 Å². The fourth-order valence-corrected chi connectivity index (χ4v) is 2.81. The monoisotopic (exact) mass is 392 g/mol. The molecule has 0 saturated heterocycles. The number of pyridine rings is 1. The second-order valence-corrected chi connectivity index (χ2v) is 6.28. The third kappa shape index (κ3) is 5.80. The number of rotatable bonds is 9. The Morgan fingerprint density at radius 1 is 1.03 bits per heavy atom. The molecule has 150 valence electrons. The molecule has 3 aromatic rings. The van der Waals surface area contributed by atoms with Gasteiger partial charge in [0, 0.05) is 31.5 Å². The van der Waals surface area contributed by atoms with E-state index in [1.807, 2.05) is 55.5 Å². The van der Waals surface area contributed by atoms with Crippen molar-refractivity contribution < 1.29 is 19.0 Å². The van der Waals surface area contributed by atoms with E-state index in [1.165, 1.54) is 0 Å². The molecule has 6 nitrogen and oxygen atoms in total. The molecule has 0 atom stereocenters. The van der Waals surface area contributed by atoms with Gasteiger partial charge in [0.05, 0.1) is 13.2 Å². The Kier molecular flexibility index (Phi) is 7.19. The molecule has 1 N–H and O–H groups in total. The van der Waals surface area contributed by atoms with E-state index in [0.717, 1.165) is 16.9 Å². The largest absolute Gasteiger partial charge is 0.494 e. The van der Waals surface area contributed by atoms with Gasteiger partial charge in [-0.3, -0.25) is 4.79 Å². The first-order chi connectivity index (χ1) is 14.2. The van der Waals surface area contributed by atoms with Gasteiger partial charge in [0.1, 0.15) is 11.5 Å². The van der Waals surface area contributed by atoms with Crippen LogP contribution in [0.4, 0.5) is 0 Å². The third-order valence-electron chi connectivity index (χ3n) is 4.17. The summed E-state index contributed by atoms with van der Waals surface area (Å²) < 4.78 is 16.4. The zero-order valence-electron chi connectivity index (χ0n) is 16.6. The van der Waals surface area contributed by atoms with Crippen molar-refractivity contribution in [3.05, 3.63) is 83.6 Å². The molecule has 29 heavy (non-hydrogen) atoms. The van der Waals surface area contributed by atoms with Crippen molar-refractivity contribution in [1.29, 1.82) is 0 Å². The second kappa shape index (κ2) is 10.2. The minimum absolute atomic E-state index is 0.150. The summed E-state index contributed by atoms with van der Waals surface area (Å²) in [7, 11) is 1.61. The summed E-state index contributed by atoms with van der Waals surface area (Å²) in [6.45, 7) is 3.31. The van der Waals surface area contributed by atoms with Crippen LogP contribution in [-0.4, -0.2) is 24.6 Å². The molecular weight excluding hydrogens is 368 g/mol. The van der Waals surface area contributed by atoms with Gasteiger partial charge in [-0.15, -0.1) is 0 Å². The van der Waals surface area contributed by atoms with Gasteiger partial charge < -0.3 is 19.5 Å². The maximum Gasteiger partial charge on any atom is 0.251 e. The van der Waals surface area contributed by atoms with E-state index in [9.17, 15) is 4.79 Å². The molecule has 0 aliphatic heterocycles. The lowest BCUT2D eigenvalue weighted by Crippen LogP contribution is -2.24. The van der Waals surface area contributed by atoms with Gasteiger partial charge in [0.2, 0.25) is 5.88 Å². The molecule has 0 saturated carbocycles. The molecule has 1 amide bonds. The van der Waals surface area contributed by atoms with Crippen molar-refractivity contribution in [2.24, 2.45) is 0 Å². The van der Waals surface area contributed by atoms with Crippen molar-refractivity contribution in [2.45, 2.75) is 20.1 Å². The van der Waals surface area contributed by atoms with Crippen LogP contribution in [0.15, 0.2) is 66.9 Å². The van der Waals surface area contributed by atoms with Crippen molar-refractivity contribution in [3.8, 4) is 17.4 Å². The van der Waals surface area contributed by atoms with Gasteiger partial charge in [-0.1, -0.05) is 18.2 Å². The summed E-state index contributed by atoms with van der Waals surface area (Å²) in [5.74, 6) is 1.76. The summed E-state index contributed by atoms with van der Waals surface area (Å²) in [4.78, 5) is 16.8. The van der Waals surface area contributed by atoms with Gasteiger partial charge in [0.15, 0.2) is 0 Å². The molecule has 0 spiro atoms. The number of nitrogens with one attached hydrogen (secondary N) is 1. The quantitative estimate of drug-likeness (QED) is 0.586. The lowest BCUT2D eigenvalue weighted by molar-refractivity contribution is 0.0946. The first kappa shape index (κ1) is 20.4. The Morgan fingerprint density at radius 3 is 2.55 bits per heavy atom. The number of nitrogens with zero attached hydrogens (tertiary/aromatic N) is 1. The number of benzene rings is 2. The number of hydrogen-bond acceptors (Lipinski definition) is 5.